The lowest BCUT2D eigenvalue weighted by Gasteiger charge is -2.09. The molecule has 0 spiro atoms. The van der Waals surface area contributed by atoms with Crippen LogP contribution in [0.1, 0.15) is 22.2 Å². The molecular formula is C12H18IN5OS. The van der Waals surface area contributed by atoms with E-state index in [0.717, 1.165) is 22.2 Å². The van der Waals surface area contributed by atoms with Gasteiger partial charge in [0.1, 0.15) is 5.01 Å². The van der Waals surface area contributed by atoms with Crippen LogP contribution < -0.4 is 10.6 Å². The summed E-state index contributed by atoms with van der Waals surface area (Å²) in [4.78, 5) is 8.52. The average Bonchev–Trinajstić information content (AvgIpc) is 2.99. The van der Waals surface area contributed by atoms with Gasteiger partial charge in [-0.3, -0.25) is 4.99 Å². The molecule has 0 fully saturated rings. The van der Waals surface area contributed by atoms with Crippen LogP contribution in [0.3, 0.4) is 0 Å². The van der Waals surface area contributed by atoms with Crippen molar-refractivity contribution in [3.8, 4) is 0 Å². The van der Waals surface area contributed by atoms with Gasteiger partial charge in [-0.15, -0.1) is 35.3 Å². The summed E-state index contributed by atoms with van der Waals surface area (Å²) in [6, 6.07) is 1.89. The number of rotatable bonds is 4. The number of hydrogen-bond acceptors (Lipinski definition) is 5. The van der Waals surface area contributed by atoms with E-state index in [0.29, 0.717) is 19.0 Å². The first-order valence-corrected chi connectivity index (χ1v) is 6.83. The quantitative estimate of drug-likeness (QED) is 0.462. The lowest BCUT2D eigenvalue weighted by Crippen LogP contribution is -2.36. The average molecular weight is 407 g/mol. The molecule has 0 aliphatic rings. The second kappa shape index (κ2) is 8.20. The first-order valence-electron chi connectivity index (χ1n) is 5.95. The van der Waals surface area contributed by atoms with Crippen molar-refractivity contribution in [2.45, 2.75) is 26.9 Å². The van der Waals surface area contributed by atoms with Gasteiger partial charge in [0.05, 0.1) is 18.8 Å². The number of aromatic nitrogens is 2. The summed E-state index contributed by atoms with van der Waals surface area (Å²) in [5.41, 5.74) is 1.92. The number of thiazole rings is 1. The monoisotopic (exact) mass is 407 g/mol. The third kappa shape index (κ3) is 5.08. The molecule has 2 heterocycles. The highest BCUT2D eigenvalue weighted by Gasteiger charge is 2.04. The highest BCUT2D eigenvalue weighted by atomic mass is 127. The molecule has 0 radical (unpaired) electrons. The predicted molar refractivity (Wildman–Crippen MR) is 90.5 cm³/mol. The van der Waals surface area contributed by atoms with Crippen LogP contribution >= 0.6 is 35.3 Å². The van der Waals surface area contributed by atoms with Crippen molar-refractivity contribution in [1.82, 2.24) is 20.8 Å². The van der Waals surface area contributed by atoms with Gasteiger partial charge >= 0.3 is 0 Å². The minimum atomic E-state index is 0. The van der Waals surface area contributed by atoms with E-state index in [4.69, 9.17) is 4.52 Å². The first kappa shape index (κ1) is 16.9. The van der Waals surface area contributed by atoms with Crippen LogP contribution in [0.15, 0.2) is 21.0 Å². The van der Waals surface area contributed by atoms with Crippen LogP contribution in [-0.2, 0) is 13.1 Å². The summed E-state index contributed by atoms with van der Waals surface area (Å²) < 4.78 is 5.12. The minimum absolute atomic E-state index is 0. The van der Waals surface area contributed by atoms with Crippen LogP contribution in [0.25, 0.3) is 0 Å². The molecule has 2 aromatic heterocycles. The Morgan fingerprint density at radius 1 is 1.30 bits per heavy atom. The van der Waals surface area contributed by atoms with Crippen molar-refractivity contribution in [1.29, 1.82) is 0 Å². The number of aliphatic imine (C=N–C) groups is 1. The first-order chi connectivity index (χ1) is 9.17. The molecule has 2 aromatic rings. The van der Waals surface area contributed by atoms with Crippen molar-refractivity contribution < 1.29 is 4.52 Å². The minimum Gasteiger partial charge on any atom is -0.359 e. The molecule has 2 rings (SSSR count). The van der Waals surface area contributed by atoms with Crippen LogP contribution in [0.5, 0.6) is 0 Å². The standard InChI is InChI=1S/C12H17N5OS.HI/c1-8-4-10(18-17-8)5-14-12(13-3)15-6-11-16-9(2)7-19-11;/h4,7H,5-6H2,1-3H3,(H2,13,14,15);1H. The van der Waals surface area contributed by atoms with Crippen molar-refractivity contribution >= 4 is 41.3 Å². The zero-order valence-electron chi connectivity index (χ0n) is 11.6. The van der Waals surface area contributed by atoms with Gasteiger partial charge in [0.2, 0.25) is 0 Å². The number of hydrogen-bond donors (Lipinski definition) is 2. The van der Waals surface area contributed by atoms with Crippen LogP contribution in [0.2, 0.25) is 0 Å². The Morgan fingerprint density at radius 3 is 2.60 bits per heavy atom. The largest absolute Gasteiger partial charge is 0.359 e. The zero-order valence-corrected chi connectivity index (χ0v) is 14.8. The van der Waals surface area contributed by atoms with E-state index in [-0.39, 0.29) is 24.0 Å². The van der Waals surface area contributed by atoms with Crippen LogP contribution in [0, 0.1) is 13.8 Å². The van der Waals surface area contributed by atoms with Gasteiger partial charge in [-0.05, 0) is 13.8 Å². The highest BCUT2D eigenvalue weighted by molar-refractivity contribution is 14.0. The third-order valence-corrected chi connectivity index (χ3v) is 3.37. The normalized spacial score (nSPS) is 11.1. The van der Waals surface area contributed by atoms with Gasteiger partial charge in [-0.25, -0.2) is 4.98 Å². The molecular weight excluding hydrogens is 389 g/mol. The van der Waals surface area contributed by atoms with E-state index in [2.05, 4.69) is 25.8 Å². The summed E-state index contributed by atoms with van der Waals surface area (Å²) in [6.45, 7) is 5.09. The molecule has 0 aromatic carbocycles. The maximum atomic E-state index is 5.12. The number of halogens is 1. The van der Waals surface area contributed by atoms with Crippen LogP contribution in [-0.4, -0.2) is 23.1 Å². The van der Waals surface area contributed by atoms with E-state index in [1.165, 1.54) is 0 Å². The molecule has 0 bridgehead atoms. The van der Waals surface area contributed by atoms with E-state index in [1.54, 1.807) is 18.4 Å². The number of nitrogens with one attached hydrogen (secondary N) is 2. The van der Waals surface area contributed by atoms with Gasteiger partial charge in [0.15, 0.2) is 11.7 Å². The second-order valence-electron chi connectivity index (χ2n) is 4.10. The van der Waals surface area contributed by atoms with E-state index in [1.807, 2.05) is 25.3 Å². The summed E-state index contributed by atoms with van der Waals surface area (Å²) >= 11 is 1.63. The molecule has 8 heteroatoms. The van der Waals surface area contributed by atoms with Crippen molar-refractivity contribution in [2.24, 2.45) is 4.99 Å². The number of nitrogens with zero attached hydrogens (tertiary/aromatic N) is 3. The molecule has 0 saturated heterocycles. The summed E-state index contributed by atoms with van der Waals surface area (Å²) in [6.07, 6.45) is 0. The Balaban J connectivity index is 0.00000200. The Labute approximate surface area is 139 Å². The smallest absolute Gasteiger partial charge is 0.191 e. The maximum Gasteiger partial charge on any atom is 0.191 e. The SMILES string of the molecule is CN=C(NCc1cc(C)no1)NCc1nc(C)cs1.I. The molecule has 6 nitrogen and oxygen atoms in total. The fraction of sp³-hybridized carbons (Fsp3) is 0.417. The topological polar surface area (TPSA) is 75.3 Å². The maximum absolute atomic E-state index is 5.12. The van der Waals surface area contributed by atoms with E-state index < -0.39 is 0 Å². The molecule has 2 N–H and O–H groups in total. The molecule has 0 saturated carbocycles. The molecule has 110 valence electrons. The molecule has 0 unspecified atom stereocenters. The molecule has 0 aliphatic heterocycles. The summed E-state index contributed by atoms with van der Waals surface area (Å²) in [5, 5.41) is 13.3. The Kier molecular flexibility index (Phi) is 6.93. The van der Waals surface area contributed by atoms with Gasteiger partial charge in [0, 0.05) is 24.2 Å². The zero-order chi connectivity index (χ0) is 13.7. The predicted octanol–water partition coefficient (Wildman–Crippen LogP) is 2.23. The summed E-state index contributed by atoms with van der Waals surface area (Å²) in [7, 11) is 1.73. The number of guanidine groups is 1. The van der Waals surface area contributed by atoms with Gasteiger partial charge in [-0.2, -0.15) is 0 Å². The Bertz CT molecular complexity index is 519. The fourth-order valence-corrected chi connectivity index (χ4v) is 2.25. The highest BCUT2D eigenvalue weighted by Crippen LogP contribution is 2.07. The Morgan fingerprint density at radius 2 is 2.05 bits per heavy atom. The second-order valence-corrected chi connectivity index (χ2v) is 5.04. The summed E-state index contributed by atoms with van der Waals surface area (Å²) in [5.74, 6) is 1.49. The van der Waals surface area contributed by atoms with Crippen LogP contribution in [0.4, 0.5) is 0 Å². The number of aryl methyl sites for hydroxylation is 2. The lowest BCUT2D eigenvalue weighted by molar-refractivity contribution is 0.376. The molecule has 0 amide bonds. The van der Waals surface area contributed by atoms with E-state index in [9.17, 15) is 0 Å². The fourth-order valence-electron chi connectivity index (χ4n) is 1.53. The Hall–Kier alpha value is -1.16. The molecule has 0 aliphatic carbocycles. The van der Waals surface area contributed by atoms with E-state index >= 15 is 0 Å². The van der Waals surface area contributed by atoms with Gasteiger partial charge in [-0.1, -0.05) is 5.16 Å². The van der Waals surface area contributed by atoms with Crippen molar-refractivity contribution in [2.75, 3.05) is 7.05 Å². The van der Waals surface area contributed by atoms with Gasteiger partial charge < -0.3 is 15.2 Å². The third-order valence-electron chi connectivity index (χ3n) is 2.40. The van der Waals surface area contributed by atoms with Crippen molar-refractivity contribution in [3.05, 3.63) is 33.6 Å². The lowest BCUT2D eigenvalue weighted by atomic mass is 10.4. The molecule has 20 heavy (non-hydrogen) atoms. The molecule has 0 atom stereocenters. The van der Waals surface area contributed by atoms with Gasteiger partial charge in [0.25, 0.3) is 0 Å². The van der Waals surface area contributed by atoms with Crippen molar-refractivity contribution in [3.63, 3.8) is 0 Å².